The summed E-state index contributed by atoms with van der Waals surface area (Å²) in [4.78, 5) is 25.5. The Kier molecular flexibility index (Phi) is 55.3. The van der Waals surface area contributed by atoms with Crippen LogP contribution in [0.4, 0.5) is 0 Å². The number of esters is 2. The monoisotopic (exact) mass is 925 g/mol. The Morgan fingerprint density at radius 1 is 0.348 bits per heavy atom. The first-order valence-corrected chi connectivity index (χ1v) is 29.2. The molecule has 5 nitrogen and oxygen atoms in total. The smallest absolute Gasteiger partial charge is 0.306 e. The molecular weight excluding hydrogens is 813 g/mol. The highest BCUT2D eigenvalue weighted by atomic mass is 16.6. The van der Waals surface area contributed by atoms with Gasteiger partial charge in [0.25, 0.3) is 0 Å². The van der Waals surface area contributed by atoms with Crippen LogP contribution in [0, 0.1) is 0 Å². The fourth-order valence-electron chi connectivity index (χ4n) is 8.56. The molecule has 0 N–H and O–H groups in total. The molecule has 0 radical (unpaired) electrons. The summed E-state index contributed by atoms with van der Waals surface area (Å²) in [5.74, 6) is -0.394. The van der Waals surface area contributed by atoms with E-state index in [0.29, 0.717) is 19.4 Å². The topological polar surface area (TPSA) is 61.8 Å². The van der Waals surface area contributed by atoms with Crippen LogP contribution in [0.5, 0.6) is 0 Å². The minimum atomic E-state index is -0.538. The summed E-state index contributed by atoms with van der Waals surface area (Å²) in [6, 6.07) is 0. The van der Waals surface area contributed by atoms with E-state index in [1.807, 2.05) is 0 Å². The molecule has 0 fully saturated rings. The van der Waals surface area contributed by atoms with E-state index in [9.17, 15) is 9.59 Å². The Morgan fingerprint density at radius 2 is 0.682 bits per heavy atom. The van der Waals surface area contributed by atoms with Crippen molar-refractivity contribution in [2.24, 2.45) is 0 Å². The number of carbonyl (C=O) groups is 2. The van der Waals surface area contributed by atoms with Crippen molar-refractivity contribution >= 4 is 11.9 Å². The lowest BCUT2D eigenvalue weighted by Crippen LogP contribution is -2.30. The molecule has 0 bridgehead atoms. The second-order valence-corrected chi connectivity index (χ2v) is 19.5. The number of unbranched alkanes of at least 4 members (excludes halogenated alkanes) is 35. The lowest BCUT2D eigenvalue weighted by atomic mass is 10.0. The Hall–Kier alpha value is -2.14. The zero-order valence-electron chi connectivity index (χ0n) is 44.5. The van der Waals surface area contributed by atoms with Crippen LogP contribution in [0.3, 0.4) is 0 Å². The van der Waals surface area contributed by atoms with Gasteiger partial charge < -0.3 is 14.2 Å². The molecule has 0 saturated carbocycles. The van der Waals surface area contributed by atoms with Gasteiger partial charge in [-0.1, -0.05) is 281 Å². The van der Waals surface area contributed by atoms with Gasteiger partial charge in [0, 0.05) is 19.4 Å². The van der Waals surface area contributed by atoms with E-state index >= 15 is 0 Å². The molecular formula is C61H112O5. The van der Waals surface area contributed by atoms with E-state index in [1.54, 1.807) is 0 Å². The molecule has 0 rings (SSSR count). The Labute approximate surface area is 412 Å². The van der Waals surface area contributed by atoms with Crippen molar-refractivity contribution in [2.45, 2.75) is 309 Å². The Bertz CT molecular complexity index is 1090. The van der Waals surface area contributed by atoms with Crippen molar-refractivity contribution in [3.63, 3.8) is 0 Å². The van der Waals surface area contributed by atoms with E-state index in [4.69, 9.17) is 14.2 Å². The highest BCUT2D eigenvalue weighted by Gasteiger charge is 2.17. The van der Waals surface area contributed by atoms with E-state index in [-0.39, 0.29) is 25.2 Å². The lowest BCUT2D eigenvalue weighted by molar-refractivity contribution is -0.163. The lowest BCUT2D eigenvalue weighted by Gasteiger charge is -2.18. The molecule has 0 aliphatic rings. The summed E-state index contributed by atoms with van der Waals surface area (Å²) in [6.07, 6.45) is 71.3. The molecule has 0 aliphatic carbocycles. The van der Waals surface area contributed by atoms with E-state index in [0.717, 1.165) is 70.6 Å². The first-order valence-electron chi connectivity index (χ1n) is 29.2. The van der Waals surface area contributed by atoms with Gasteiger partial charge in [0.1, 0.15) is 6.61 Å². The van der Waals surface area contributed by atoms with Gasteiger partial charge in [-0.25, -0.2) is 0 Å². The highest BCUT2D eigenvalue weighted by molar-refractivity contribution is 5.70. The van der Waals surface area contributed by atoms with Gasteiger partial charge in [0.2, 0.25) is 0 Å². The van der Waals surface area contributed by atoms with E-state index in [1.165, 1.54) is 199 Å². The van der Waals surface area contributed by atoms with Gasteiger partial charge in [-0.15, -0.1) is 0 Å². The zero-order valence-corrected chi connectivity index (χ0v) is 44.5. The molecule has 66 heavy (non-hydrogen) atoms. The summed E-state index contributed by atoms with van der Waals surface area (Å²) < 4.78 is 17.5. The average molecular weight is 926 g/mol. The molecule has 0 aromatic heterocycles. The zero-order chi connectivity index (χ0) is 47.7. The van der Waals surface area contributed by atoms with Crippen LogP contribution < -0.4 is 0 Å². The number of carbonyl (C=O) groups excluding carboxylic acids is 2. The fraction of sp³-hybridized carbons (Fsp3) is 0.836. The van der Waals surface area contributed by atoms with Crippen LogP contribution in [0.15, 0.2) is 48.6 Å². The third-order valence-corrected chi connectivity index (χ3v) is 12.9. The SMILES string of the molecule is CC/C=C\C/C=C\C/C=C\C/C=C\CCCCCCCCC(=O)OCC(COCCCCCCCCCCCCCCCCCC)OC(=O)CCCCCCCCCCCCCCCCC. The number of rotatable bonds is 54. The molecule has 0 aliphatic heterocycles. The second kappa shape index (κ2) is 57.2. The summed E-state index contributed by atoms with van der Waals surface area (Å²) in [5, 5.41) is 0. The van der Waals surface area contributed by atoms with Crippen LogP contribution >= 0.6 is 0 Å². The minimum Gasteiger partial charge on any atom is -0.462 e. The maximum atomic E-state index is 12.9. The van der Waals surface area contributed by atoms with Crippen molar-refractivity contribution < 1.29 is 23.8 Å². The van der Waals surface area contributed by atoms with Gasteiger partial charge >= 0.3 is 11.9 Å². The van der Waals surface area contributed by atoms with Crippen molar-refractivity contribution in [3.8, 4) is 0 Å². The van der Waals surface area contributed by atoms with Gasteiger partial charge in [0.05, 0.1) is 6.61 Å². The van der Waals surface area contributed by atoms with Crippen LogP contribution in [-0.2, 0) is 23.8 Å². The van der Waals surface area contributed by atoms with Crippen LogP contribution in [0.2, 0.25) is 0 Å². The highest BCUT2D eigenvalue weighted by Crippen LogP contribution is 2.17. The molecule has 0 spiro atoms. The molecule has 0 aromatic rings. The summed E-state index contributed by atoms with van der Waals surface area (Å²) >= 11 is 0. The summed E-state index contributed by atoms with van der Waals surface area (Å²) in [7, 11) is 0. The van der Waals surface area contributed by atoms with Crippen LogP contribution in [0.1, 0.15) is 303 Å². The first kappa shape index (κ1) is 63.9. The van der Waals surface area contributed by atoms with Crippen LogP contribution in [-0.4, -0.2) is 37.9 Å². The average Bonchev–Trinajstić information content (AvgIpc) is 3.32. The molecule has 1 unspecified atom stereocenters. The normalized spacial score (nSPS) is 12.5. The maximum Gasteiger partial charge on any atom is 0.306 e. The Balaban J connectivity index is 4.25. The summed E-state index contributed by atoms with van der Waals surface area (Å²) in [5.41, 5.74) is 0. The molecule has 0 heterocycles. The first-order chi connectivity index (χ1) is 32.6. The number of allylic oxidation sites excluding steroid dienone is 8. The second-order valence-electron chi connectivity index (χ2n) is 19.5. The largest absolute Gasteiger partial charge is 0.462 e. The quantitative estimate of drug-likeness (QED) is 0.0345. The fourth-order valence-corrected chi connectivity index (χ4v) is 8.56. The van der Waals surface area contributed by atoms with Crippen molar-refractivity contribution in [1.82, 2.24) is 0 Å². The minimum absolute atomic E-state index is 0.0830. The van der Waals surface area contributed by atoms with Gasteiger partial charge in [-0.05, 0) is 57.8 Å². The molecule has 0 aromatic carbocycles. The number of ether oxygens (including phenoxy) is 3. The maximum absolute atomic E-state index is 12.9. The Morgan fingerprint density at radius 3 is 1.09 bits per heavy atom. The molecule has 386 valence electrons. The van der Waals surface area contributed by atoms with Crippen molar-refractivity contribution in [2.75, 3.05) is 19.8 Å². The third-order valence-electron chi connectivity index (χ3n) is 12.9. The van der Waals surface area contributed by atoms with Crippen molar-refractivity contribution in [1.29, 1.82) is 0 Å². The third kappa shape index (κ3) is 54.5. The standard InChI is InChI=1S/C61H112O5/c1-4-7-10-13-16-19-22-25-28-30-31-32-34-36-39-42-45-48-51-54-60(62)65-58-59(57-64-56-53-50-47-44-41-38-35-29-26-23-20-17-14-11-8-5-2)66-61(63)55-52-49-46-43-40-37-33-27-24-21-18-15-12-9-6-3/h7,10,16,19,25,28,31-32,59H,4-6,8-9,11-15,17-18,20-24,26-27,29-30,33-58H2,1-3H3/b10-7-,19-16-,28-25-,32-31-. The predicted molar refractivity (Wildman–Crippen MR) is 288 cm³/mol. The van der Waals surface area contributed by atoms with E-state index in [2.05, 4.69) is 69.4 Å². The number of hydrogen-bond donors (Lipinski definition) is 0. The molecule has 5 heteroatoms. The predicted octanol–water partition coefficient (Wildman–Crippen LogP) is 19.9. The molecule has 0 amide bonds. The summed E-state index contributed by atoms with van der Waals surface area (Å²) in [6.45, 7) is 7.76. The van der Waals surface area contributed by atoms with Gasteiger partial charge in [0.15, 0.2) is 6.10 Å². The van der Waals surface area contributed by atoms with Gasteiger partial charge in [-0.3, -0.25) is 9.59 Å². The van der Waals surface area contributed by atoms with E-state index < -0.39 is 6.10 Å². The molecule has 1 atom stereocenters. The van der Waals surface area contributed by atoms with Gasteiger partial charge in [-0.2, -0.15) is 0 Å². The van der Waals surface area contributed by atoms with Crippen LogP contribution in [0.25, 0.3) is 0 Å². The number of hydrogen-bond acceptors (Lipinski definition) is 5. The molecule has 0 saturated heterocycles. The van der Waals surface area contributed by atoms with Crippen molar-refractivity contribution in [3.05, 3.63) is 48.6 Å².